The van der Waals surface area contributed by atoms with Gasteiger partial charge in [0.1, 0.15) is 5.58 Å². The van der Waals surface area contributed by atoms with Crippen LogP contribution in [0.5, 0.6) is 0 Å². The lowest BCUT2D eigenvalue weighted by molar-refractivity contribution is 0.666. The lowest BCUT2D eigenvalue weighted by atomic mass is 9.87. The molecule has 1 unspecified atom stereocenters. The number of rotatable bonds is 5. The number of para-hydroxylation sites is 2. The first kappa shape index (κ1) is 30.5. The van der Waals surface area contributed by atoms with Crippen LogP contribution in [0.4, 0.5) is 5.69 Å². The minimum Gasteiger partial charge on any atom is -0.454 e. The lowest BCUT2D eigenvalue weighted by Crippen LogP contribution is -2.15. The maximum Gasteiger partial charge on any atom is 0.159 e. The normalized spacial score (nSPS) is 14.0. The summed E-state index contributed by atoms with van der Waals surface area (Å²) < 4.78 is 9.42. The third kappa shape index (κ3) is 4.83. The fraction of sp³-hybridized carbons (Fsp3) is 0.0196. The molecular formula is C51H34N2O. The van der Waals surface area contributed by atoms with E-state index in [9.17, 15) is 0 Å². The summed E-state index contributed by atoms with van der Waals surface area (Å²) in [6.07, 6.45) is 2.37. The van der Waals surface area contributed by atoms with Gasteiger partial charge >= 0.3 is 0 Å². The van der Waals surface area contributed by atoms with E-state index in [4.69, 9.17) is 4.42 Å². The van der Waals surface area contributed by atoms with Gasteiger partial charge in [-0.3, -0.25) is 0 Å². The molecule has 3 nitrogen and oxygen atoms in total. The van der Waals surface area contributed by atoms with E-state index in [0.29, 0.717) is 0 Å². The van der Waals surface area contributed by atoms with Crippen LogP contribution >= 0.6 is 0 Å². The third-order valence-electron chi connectivity index (χ3n) is 11.0. The van der Waals surface area contributed by atoms with Crippen LogP contribution in [0.15, 0.2) is 199 Å². The molecule has 10 aromatic rings. The molecule has 0 saturated heterocycles. The lowest BCUT2D eigenvalue weighted by Gasteiger charge is -2.27. The number of aromatic nitrogens is 1. The van der Waals surface area contributed by atoms with Gasteiger partial charge in [-0.05, 0) is 75.4 Å². The Morgan fingerprint density at radius 2 is 1.06 bits per heavy atom. The Bertz CT molecular complexity index is 2970. The van der Waals surface area contributed by atoms with Crippen LogP contribution in [0.1, 0.15) is 22.7 Å². The van der Waals surface area contributed by atoms with E-state index in [2.05, 4.69) is 204 Å². The Balaban J connectivity index is 1.18. The van der Waals surface area contributed by atoms with Crippen molar-refractivity contribution in [2.24, 2.45) is 0 Å². The van der Waals surface area contributed by atoms with Gasteiger partial charge in [0.25, 0.3) is 0 Å². The summed E-state index contributed by atoms with van der Waals surface area (Å²) in [6, 6.07) is 67.4. The molecular weight excluding hydrogens is 657 g/mol. The predicted octanol–water partition coefficient (Wildman–Crippen LogP) is 13.6. The van der Waals surface area contributed by atoms with E-state index in [0.717, 1.165) is 44.3 Å². The summed E-state index contributed by atoms with van der Waals surface area (Å²) >= 11 is 0. The molecule has 0 fully saturated rings. The van der Waals surface area contributed by atoms with Gasteiger partial charge in [0.2, 0.25) is 0 Å². The molecule has 1 N–H and O–H groups in total. The topological polar surface area (TPSA) is 30.1 Å². The quantitative estimate of drug-likeness (QED) is 0.195. The van der Waals surface area contributed by atoms with Crippen LogP contribution in [-0.4, -0.2) is 4.57 Å². The highest BCUT2D eigenvalue weighted by atomic mass is 16.3. The molecule has 0 amide bonds. The summed E-state index contributed by atoms with van der Waals surface area (Å²) in [5.74, 6) is 0. The molecule has 11 rings (SSSR count). The van der Waals surface area contributed by atoms with E-state index in [1.807, 2.05) is 0 Å². The number of fused-ring (bicyclic) bond motifs is 7. The fourth-order valence-electron chi connectivity index (χ4n) is 8.52. The predicted molar refractivity (Wildman–Crippen MR) is 225 cm³/mol. The minimum atomic E-state index is 0.0373. The first-order chi connectivity index (χ1) is 26.8. The van der Waals surface area contributed by atoms with Gasteiger partial charge in [-0.2, -0.15) is 0 Å². The average molecular weight is 691 g/mol. The maximum atomic E-state index is 7.00. The van der Waals surface area contributed by atoms with Gasteiger partial charge in [-0.25, -0.2) is 0 Å². The first-order valence-electron chi connectivity index (χ1n) is 18.6. The van der Waals surface area contributed by atoms with Crippen molar-refractivity contribution in [2.75, 3.05) is 5.32 Å². The Kier molecular flexibility index (Phi) is 6.93. The number of anilines is 1. The smallest absolute Gasteiger partial charge is 0.159 e. The molecule has 0 saturated carbocycles. The standard InChI is InChI=1S/C51H34N2O/c1-4-14-33(15-5-1)36-26-28-39-40-29-27-37(34-16-6-2-7-17-34)31-48(40)53(47(39)30-36)46-24-12-22-42-50-41(21-13-25-49(50)54-51(42)46)43-32-45(35-18-8-3-9-19-35)52-44-23-11-10-20-38(43)44/h1-32,45,52H. The van der Waals surface area contributed by atoms with Gasteiger partial charge in [0.15, 0.2) is 5.58 Å². The number of hydrogen-bond acceptors (Lipinski definition) is 2. The van der Waals surface area contributed by atoms with Crippen LogP contribution in [0.25, 0.3) is 77.3 Å². The van der Waals surface area contributed by atoms with Gasteiger partial charge in [-0.15, -0.1) is 0 Å². The zero-order valence-electron chi connectivity index (χ0n) is 29.4. The molecule has 0 aliphatic carbocycles. The highest BCUT2D eigenvalue weighted by molar-refractivity contribution is 6.16. The Hall–Kier alpha value is -7.10. The van der Waals surface area contributed by atoms with Crippen molar-refractivity contribution in [1.82, 2.24) is 4.57 Å². The zero-order chi connectivity index (χ0) is 35.6. The molecule has 0 bridgehead atoms. The van der Waals surface area contributed by atoms with Crippen molar-refractivity contribution in [3.05, 3.63) is 211 Å². The largest absolute Gasteiger partial charge is 0.454 e. The van der Waals surface area contributed by atoms with Crippen molar-refractivity contribution in [1.29, 1.82) is 0 Å². The van der Waals surface area contributed by atoms with Gasteiger partial charge in [0.05, 0.1) is 22.8 Å². The highest BCUT2D eigenvalue weighted by Gasteiger charge is 2.25. The molecule has 8 aromatic carbocycles. The van der Waals surface area contributed by atoms with Crippen LogP contribution in [0, 0.1) is 0 Å². The molecule has 0 spiro atoms. The van der Waals surface area contributed by atoms with Crippen molar-refractivity contribution >= 4 is 55.0 Å². The summed E-state index contributed by atoms with van der Waals surface area (Å²) in [4.78, 5) is 0. The van der Waals surface area contributed by atoms with E-state index in [1.165, 1.54) is 55.3 Å². The molecule has 1 aliphatic rings. The zero-order valence-corrected chi connectivity index (χ0v) is 29.4. The second-order valence-electron chi connectivity index (χ2n) is 14.1. The molecule has 54 heavy (non-hydrogen) atoms. The number of benzene rings is 8. The van der Waals surface area contributed by atoms with Crippen molar-refractivity contribution in [2.45, 2.75) is 6.04 Å². The SMILES string of the molecule is C1=C(c2cccc3oc4c(-n5c6cc(-c7ccccc7)ccc6c6ccc(-c7ccccc7)cc65)cccc4c23)c2ccccc2NC1c1ccccc1. The van der Waals surface area contributed by atoms with E-state index in [-0.39, 0.29) is 6.04 Å². The fourth-order valence-corrected chi connectivity index (χ4v) is 8.52. The average Bonchev–Trinajstić information content (AvgIpc) is 3.79. The summed E-state index contributed by atoms with van der Waals surface area (Å²) in [5.41, 5.74) is 15.7. The second-order valence-corrected chi connectivity index (χ2v) is 14.1. The molecule has 3 heteroatoms. The molecule has 0 radical (unpaired) electrons. The van der Waals surface area contributed by atoms with Crippen LogP contribution in [0.2, 0.25) is 0 Å². The second kappa shape index (κ2) is 12.3. The summed E-state index contributed by atoms with van der Waals surface area (Å²) in [7, 11) is 0. The Morgan fingerprint density at radius 1 is 0.463 bits per heavy atom. The van der Waals surface area contributed by atoms with Crippen molar-refractivity contribution in [3.8, 4) is 27.9 Å². The number of furan rings is 1. The molecule has 1 aliphatic heterocycles. The van der Waals surface area contributed by atoms with Crippen LogP contribution in [-0.2, 0) is 0 Å². The number of nitrogens with one attached hydrogen (secondary N) is 1. The van der Waals surface area contributed by atoms with Crippen LogP contribution < -0.4 is 5.32 Å². The molecule has 2 aromatic heterocycles. The minimum absolute atomic E-state index is 0.0373. The van der Waals surface area contributed by atoms with E-state index in [1.54, 1.807) is 0 Å². The molecule has 254 valence electrons. The van der Waals surface area contributed by atoms with E-state index >= 15 is 0 Å². The van der Waals surface area contributed by atoms with Crippen molar-refractivity contribution < 1.29 is 4.42 Å². The van der Waals surface area contributed by atoms with E-state index < -0.39 is 0 Å². The first-order valence-corrected chi connectivity index (χ1v) is 18.6. The van der Waals surface area contributed by atoms with Crippen LogP contribution in [0.3, 0.4) is 0 Å². The summed E-state index contributed by atoms with van der Waals surface area (Å²) in [5, 5.41) is 8.42. The highest BCUT2D eigenvalue weighted by Crippen LogP contribution is 2.45. The summed E-state index contributed by atoms with van der Waals surface area (Å²) in [6.45, 7) is 0. The maximum absolute atomic E-state index is 7.00. The Morgan fingerprint density at radius 3 is 1.74 bits per heavy atom. The Labute approximate surface area is 313 Å². The van der Waals surface area contributed by atoms with Crippen molar-refractivity contribution in [3.63, 3.8) is 0 Å². The monoisotopic (exact) mass is 690 g/mol. The van der Waals surface area contributed by atoms with Gasteiger partial charge in [0, 0.05) is 32.8 Å². The molecule has 3 heterocycles. The number of hydrogen-bond donors (Lipinski definition) is 1. The number of nitrogens with zero attached hydrogens (tertiary/aromatic N) is 1. The van der Waals surface area contributed by atoms with Gasteiger partial charge < -0.3 is 14.3 Å². The molecule has 1 atom stereocenters. The van der Waals surface area contributed by atoms with Gasteiger partial charge in [-0.1, -0.05) is 158 Å². The third-order valence-corrected chi connectivity index (χ3v) is 11.0.